The van der Waals surface area contributed by atoms with Gasteiger partial charge in [0.1, 0.15) is 10.7 Å². The number of rotatable bonds is 7. The van der Waals surface area contributed by atoms with Gasteiger partial charge in [0, 0.05) is 15.7 Å². The molecule has 3 aromatic rings. The summed E-state index contributed by atoms with van der Waals surface area (Å²) >= 11 is 14.7. The Kier molecular flexibility index (Phi) is 9.67. The molecule has 1 amide bonds. The second kappa shape index (κ2) is 11.3. The van der Waals surface area contributed by atoms with Crippen molar-refractivity contribution < 1.29 is 26.0 Å². The molecule has 0 saturated carbocycles. The fourth-order valence-electron chi connectivity index (χ4n) is 2.87. The second-order valence-corrected chi connectivity index (χ2v) is 12.0. The Bertz CT molecular complexity index is 1520. The standard InChI is InChI=1S/C20H15BrCl2FN3O5S2.Na.H/c1-10-4-17(24)16(21)9-18(10)27-34(31,32)19-3-2-13(8-15(19)20(25)28)26-33(29,30)14-6-11(22)5-12(23)7-14;;/h2-9,26-27H,1H3,(H2,25,28);;. The van der Waals surface area contributed by atoms with Gasteiger partial charge in [0.05, 0.1) is 20.6 Å². The normalized spacial score (nSPS) is 11.5. The number of hydrogen-bond donors (Lipinski definition) is 3. The number of nitrogens with one attached hydrogen (secondary N) is 2. The van der Waals surface area contributed by atoms with Gasteiger partial charge in [0.25, 0.3) is 20.0 Å². The molecule has 182 valence electrons. The minimum atomic E-state index is -4.37. The minimum absolute atomic E-state index is 0. The Morgan fingerprint density at radius 3 is 2.11 bits per heavy atom. The summed E-state index contributed by atoms with van der Waals surface area (Å²) in [6, 6.07) is 9.15. The first kappa shape index (κ1) is 29.8. The van der Waals surface area contributed by atoms with E-state index in [1.54, 1.807) is 0 Å². The molecule has 0 aliphatic rings. The summed E-state index contributed by atoms with van der Waals surface area (Å²) in [7, 11) is -8.56. The van der Waals surface area contributed by atoms with Crippen LogP contribution < -0.4 is 15.2 Å². The number of halogens is 4. The van der Waals surface area contributed by atoms with Crippen molar-refractivity contribution in [3.63, 3.8) is 0 Å². The Hall–Kier alpha value is -1.38. The molecule has 3 aromatic carbocycles. The number of nitrogens with two attached hydrogens (primary N) is 1. The number of benzene rings is 3. The van der Waals surface area contributed by atoms with Gasteiger partial charge in [-0.05, 0) is 76.9 Å². The van der Waals surface area contributed by atoms with Crippen LogP contribution in [0.5, 0.6) is 0 Å². The van der Waals surface area contributed by atoms with Crippen LogP contribution in [0.3, 0.4) is 0 Å². The van der Waals surface area contributed by atoms with Crippen molar-refractivity contribution in [2.45, 2.75) is 16.7 Å². The van der Waals surface area contributed by atoms with Crippen LogP contribution in [0.4, 0.5) is 15.8 Å². The van der Waals surface area contributed by atoms with Crippen LogP contribution in [0.15, 0.2) is 62.8 Å². The van der Waals surface area contributed by atoms with Crippen LogP contribution >= 0.6 is 39.1 Å². The Balaban J connectivity index is 0.00000432. The van der Waals surface area contributed by atoms with Crippen LogP contribution in [-0.4, -0.2) is 52.3 Å². The summed E-state index contributed by atoms with van der Waals surface area (Å²) in [6.07, 6.45) is 0. The number of amides is 1. The predicted octanol–water partition coefficient (Wildman–Crippen LogP) is 4.26. The molecule has 0 bridgehead atoms. The van der Waals surface area contributed by atoms with Gasteiger partial charge in [-0.3, -0.25) is 14.2 Å². The number of carbonyl (C=O) groups is 1. The molecule has 0 saturated heterocycles. The van der Waals surface area contributed by atoms with E-state index in [1.165, 1.54) is 19.1 Å². The van der Waals surface area contributed by atoms with Gasteiger partial charge in [0.15, 0.2) is 0 Å². The number of primary amides is 1. The monoisotopic (exact) mass is 633 g/mol. The summed E-state index contributed by atoms with van der Waals surface area (Å²) < 4.78 is 69.5. The fourth-order valence-corrected chi connectivity index (χ4v) is 6.31. The van der Waals surface area contributed by atoms with E-state index in [2.05, 4.69) is 25.4 Å². The molecular formula is C20H16BrCl2FN3NaO5S2. The van der Waals surface area contributed by atoms with Crippen LogP contribution in [0.1, 0.15) is 15.9 Å². The zero-order valence-electron chi connectivity index (χ0n) is 17.1. The quantitative estimate of drug-likeness (QED) is 0.334. The van der Waals surface area contributed by atoms with Gasteiger partial charge in [-0.15, -0.1) is 0 Å². The molecule has 0 aliphatic heterocycles. The molecule has 0 spiro atoms. The second-order valence-electron chi connectivity index (χ2n) is 6.97. The van der Waals surface area contributed by atoms with Gasteiger partial charge in [0.2, 0.25) is 5.91 Å². The van der Waals surface area contributed by atoms with Crippen LogP contribution in [-0.2, 0) is 20.0 Å². The summed E-state index contributed by atoms with van der Waals surface area (Å²) in [5, 5.41) is 0.168. The summed E-state index contributed by atoms with van der Waals surface area (Å²) in [5.41, 5.74) is 5.10. The molecule has 0 aromatic heterocycles. The molecule has 8 nitrogen and oxygen atoms in total. The number of aryl methyl sites for hydroxylation is 1. The molecule has 0 fully saturated rings. The van der Waals surface area contributed by atoms with Gasteiger partial charge < -0.3 is 5.73 Å². The van der Waals surface area contributed by atoms with E-state index in [4.69, 9.17) is 28.9 Å². The zero-order valence-corrected chi connectivity index (χ0v) is 21.8. The molecule has 35 heavy (non-hydrogen) atoms. The third kappa shape index (κ3) is 7.10. The van der Waals surface area contributed by atoms with Crippen molar-refractivity contribution in [1.29, 1.82) is 0 Å². The summed E-state index contributed by atoms with van der Waals surface area (Å²) in [4.78, 5) is 11.3. The van der Waals surface area contributed by atoms with Gasteiger partial charge >= 0.3 is 29.6 Å². The topological polar surface area (TPSA) is 135 Å². The number of anilines is 2. The number of hydrogen-bond acceptors (Lipinski definition) is 5. The third-order valence-corrected chi connectivity index (χ3v) is 8.27. The van der Waals surface area contributed by atoms with Crippen molar-refractivity contribution in [2.75, 3.05) is 9.44 Å². The van der Waals surface area contributed by atoms with Crippen molar-refractivity contribution in [1.82, 2.24) is 0 Å². The maximum absolute atomic E-state index is 13.7. The molecule has 0 atom stereocenters. The van der Waals surface area contributed by atoms with E-state index in [9.17, 15) is 26.0 Å². The third-order valence-electron chi connectivity index (χ3n) is 4.44. The van der Waals surface area contributed by atoms with E-state index < -0.39 is 42.2 Å². The van der Waals surface area contributed by atoms with E-state index in [0.29, 0.717) is 0 Å². The average molecular weight is 635 g/mol. The van der Waals surface area contributed by atoms with E-state index in [0.717, 1.165) is 36.4 Å². The van der Waals surface area contributed by atoms with E-state index in [-0.39, 0.29) is 65.9 Å². The molecule has 4 N–H and O–H groups in total. The van der Waals surface area contributed by atoms with Crippen molar-refractivity contribution >= 4 is 106 Å². The molecule has 3 rings (SSSR count). The average Bonchev–Trinajstić information content (AvgIpc) is 2.70. The Morgan fingerprint density at radius 2 is 1.54 bits per heavy atom. The summed E-state index contributed by atoms with van der Waals surface area (Å²) in [5.74, 6) is -1.71. The molecule has 0 heterocycles. The first-order chi connectivity index (χ1) is 15.7. The summed E-state index contributed by atoms with van der Waals surface area (Å²) in [6.45, 7) is 1.49. The van der Waals surface area contributed by atoms with E-state index >= 15 is 0 Å². The van der Waals surface area contributed by atoms with Crippen LogP contribution in [0.2, 0.25) is 10.0 Å². The van der Waals surface area contributed by atoms with Crippen LogP contribution in [0, 0.1) is 12.7 Å². The molecule has 0 aliphatic carbocycles. The SMILES string of the molecule is Cc1cc(F)c(Br)cc1NS(=O)(=O)c1ccc(NS(=O)(=O)c2cc(Cl)cc(Cl)c2)cc1C(N)=O.[NaH]. The van der Waals surface area contributed by atoms with Crippen LogP contribution in [0.25, 0.3) is 0 Å². The van der Waals surface area contributed by atoms with E-state index in [1.807, 2.05) is 0 Å². The van der Waals surface area contributed by atoms with Gasteiger partial charge in [-0.1, -0.05) is 23.2 Å². The van der Waals surface area contributed by atoms with Gasteiger partial charge in [-0.2, -0.15) is 0 Å². The molecule has 0 radical (unpaired) electrons. The number of sulfonamides is 2. The van der Waals surface area contributed by atoms with Crippen molar-refractivity contribution in [2.24, 2.45) is 5.73 Å². The van der Waals surface area contributed by atoms with Crippen molar-refractivity contribution in [3.8, 4) is 0 Å². The van der Waals surface area contributed by atoms with Crippen molar-refractivity contribution in [3.05, 3.63) is 80.0 Å². The fraction of sp³-hybridized carbons (Fsp3) is 0.0500. The predicted molar refractivity (Wildman–Crippen MR) is 139 cm³/mol. The Morgan fingerprint density at radius 1 is 0.943 bits per heavy atom. The van der Waals surface area contributed by atoms with Gasteiger partial charge in [-0.25, -0.2) is 21.2 Å². The molecule has 0 unspecified atom stereocenters. The zero-order chi connectivity index (χ0) is 25.4. The first-order valence-electron chi connectivity index (χ1n) is 9.11. The maximum atomic E-state index is 13.7. The molecular weight excluding hydrogens is 619 g/mol. The number of carbonyl (C=O) groups excluding carboxylic acids is 1. The Labute approximate surface area is 241 Å². The molecule has 15 heteroatoms. The first-order valence-corrected chi connectivity index (χ1v) is 13.6.